The molecule has 3 aromatic rings. The predicted octanol–water partition coefficient (Wildman–Crippen LogP) is 2.56. The number of aromatic nitrogens is 1. The molecule has 1 aliphatic rings. The lowest BCUT2D eigenvalue weighted by Crippen LogP contribution is -2.33. The van der Waals surface area contributed by atoms with Crippen molar-refractivity contribution in [3.05, 3.63) is 71.4 Å². The molecule has 1 aromatic heterocycles. The lowest BCUT2D eigenvalue weighted by Gasteiger charge is -2.18. The molecule has 0 spiro atoms. The predicted molar refractivity (Wildman–Crippen MR) is 84.7 cm³/mol. The van der Waals surface area contributed by atoms with Crippen molar-refractivity contribution in [2.45, 2.75) is 18.6 Å². The molecule has 2 atom stereocenters. The van der Waals surface area contributed by atoms with E-state index >= 15 is 0 Å². The van der Waals surface area contributed by atoms with Crippen LogP contribution in [0, 0.1) is 0 Å². The van der Waals surface area contributed by atoms with Gasteiger partial charge in [0.1, 0.15) is 0 Å². The van der Waals surface area contributed by atoms with Gasteiger partial charge in [-0.05, 0) is 35.4 Å². The molecular weight excluding hydrogens is 276 g/mol. The lowest BCUT2D eigenvalue weighted by molar-refractivity contribution is 0.0858. The van der Waals surface area contributed by atoms with Crippen molar-refractivity contribution in [2.24, 2.45) is 0 Å². The van der Waals surface area contributed by atoms with E-state index in [1.807, 2.05) is 48.7 Å². The van der Waals surface area contributed by atoms with E-state index in [4.69, 9.17) is 0 Å². The minimum absolute atomic E-state index is 0.163. The Labute approximate surface area is 127 Å². The number of H-pyrrole nitrogens is 1. The summed E-state index contributed by atoms with van der Waals surface area (Å²) < 4.78 is 0. The first kappa shape index (κ1) is 13.1. The quantitative estimate of drug-likeness (QED) is 0.679. The SMILES string of the molecule is O=C(NC1c2ccccc2CC1O)c1ccc2[nH]ccc2c1. The minimum atomic E-state index is -0.572. The standard InChI is InChI=1S/C18H16N2O2/c21-16-10-11-3-1-2-4-14(11)17(16)20-18(22)13-5-6-15-12(9-13)7-8-19-15/h1-9,16-17,19,21H,10H2,(H,20,22). The smallest absolute Gasteiger partial charge is 0.251 e. The molecule has 1 aliphatic carbocycles. The third-order valence-electron chi connectivity index (χ3n) is 4.31. The number of nitrogens with one attached hydrogen (secondary N) is 2. The van der Waals surface area contributed by atoms with E-state index in [1.165, 1.54) is 0 Å². The zero-order chi connectivity index (χ0) is 15.1. The molecule has 0 radical (unpaired) electrons. The fourth-order valence-electron chi connectivity index (χ4n) is 3.17. The summed E-state index contributed by atoms with van der Waals surface area (Å²) in [5.74, 6) is -0.163. The molecular formula is C18H16N2O2. The molecule has 4 heteroatoms. The van der Waals surface area contributed by atoms with Crippen molar-refractivity contribution in [1.29, 1.82) is 0 Å². The highest BCUT2D eigenvalue weighted by Crippen LogP contribution is 2.31. The van der Waals surface area contributed by atoms with Gasteiger partial charge in [0.15, 0.2) is 0 Å². The largest absolute Gasteiger partial charge is 0.390 e. The van der Waals surface area contributed by atoms with Gasteiger partial charge >= 0.3 is 0 Å². The van der Waals surface area contributed by atoms with Gasteiger partial charge in [-0.15, -0.1) is 0 Å². The Morgan fingerprint density at radius 1 is 1.18 bits per heavy atom. The fourth-order valence-corrected chi connectivity index (χ4v) is 3.17. The van der Waals surface area contributed by atoms with E-state index in [2.05, 4.69) is 10.3 Å². The Morgan fingerprint density at radius 2 is 2.05 bits per heavy atom. The number of carbonyl (C=O) groups is 1. The van der Waals surface area contributed by atoms with Gasteiger partial charge in [0.2, 0.25) is 0 Å². The van der Waals surface area contributed by atoms with E-state index in [-0.39, 0.29) is 11.9 Å². The van der Waals surface area contributed by atoms with Gasteiger partial charge < -0.3 is 15.4 Å². The second-order valence-corrected chi connectivity index (χ2v) is 5.70. The molecule has 4 rings (SSSR count). The molecule has 110 valence electrons. The Bertz CT molecular complexity index is 853. The highest BCUT2D eigenvalue weighted by molar-refractivity contribution is 5.98. The number of aliphatic hydroxyl groups is 1. The highest BCUT2D eigenvalue weighted by Gasteiger charge is 2.32. The number of hydrogen-bond acceptors (Lipinski definition) is 2. The second-order valence-electron chi connectivity index (χ2n) is 5.70. The van der Waals surface area contributed by atoms with Crippen LogP contribution in [-0.2, 0) is 6.42 Å². The molecule has 0 fully saturated rings. The number of aromatic amines is 1. The first-order chi connectivity index (χ1) is 10.7. The lowest BCUT2D eigenvalue weighted by atomic mass is 10.1. The van der Waals surface area contributed by atoms with Crippen molar-refractivity contribution in [2.75, 3.05) is 0 Å². The van der Waals surface area contributed by atoms with E-state index in [0.717, 1.165) is 22.0 Å². The van der Waals surface area contributed by atoms with Crippen molar-refractivity contribution in [3.63, 3.8) is 0 Å². The maximum atomic E-state index is 12.5. The Balaban J connectivity index is 1.61. The summed E-state index contributed by atoms with van der Waals surface area (Å²) in [5, 5.41) is 14.2. The van der Waals surface area contributed by atoms with Crippen LogP contribution < -0.4 is 5.32 Å². The summed E-state index contributed by atoms with van der Waals surface area (Å²) in [6.45, 7) is 0. The third-order valence-corrected chi connectivity index (χ3v) is 4.31. The van der Waals surface area contributed by atoms with Gasteiger partial charge in [-0.3, -0.25) is 4.79 Å². The first-order valence-corrected chi connectivity index (χ1v) is 7.36. The van der Waals surface area contributed by atoms with Crippen LogP contribution in [0.3, 0.4) is 0 Å². The van der Waals surface area contributed by atoms with Crippen LogP contribution in [0.5, 0.6) is 0 Å². The summed E-state index contributed by atoms with van der Waals surface area (Å²) in [6.07, 6.45) is 1.86. The number of aliphatic hydroxyl groups excluding tert-OH is 1. The van der Waals surface area contributed by atoms with Crippen molar-refractivity contribution >= 4 is 16.8 Å². The average molecular weight is 292 g/mol. The Kier molecular flexibility index (Phi) is 2.98. The van der Waals surface area contributed by atoms with Crippen molar-refractivity contribution in [1.82, 2.24) is 10.3 Å². The van der Waals surface area contributed by atoms with Crippen LogP contribution in [0.4, 0.5) is 0 Å². The van der Waals surface area contributed by atoms with Crippen LogP contribution >= 0.6 is 0 Å². The van der Waals surface area contributed by atoms with E-state index in [9.17, 15) is 9.90 Å². The van der Waals surface area contributed by atoms with Crippen LogP contribution in [0.1, 0.15) is 27.5 Å². The van der Waals surface area contributed by atoms with Crippen LogP contribution in [0.15, 0.2) is 54.7 Å². The summed E-state index contributed by atoms with van der Waals surface area (Å²) >= 11 is 0. The van der Waals surface area contributed by atoms with Crippen LogP contribution in [-0.4, -0.2) is 22.1 Å². The van der Waals surface area contributed by atoms with Gasteiger partial charge in [-0.1, -0.05) is 24.3 Å². The molecule has 0 bridgehead atoms. The number of amides is 1. The molecule has 4 nitrogen and oxygen atoms in total. The topological polar surface area (TPSA) is 65.1 Å². The normalized spacial score (nSPS) is 20.0. The number of carbonyl (C=O) groups excluding carboxylic acids is 1. The minimum Gasteiger partial charge on any atom is -0.390 e. The maximum absolute atomic E-state index is 12.5. The summed E-state index contributed by atoms with van der Waals surface area (Å²) in [5.41, 5.74) is 3.71. The maximum Gasteiger partial charge on any atom is 0.251 e. The fraction of sp³-hybridized carbons (Fsp3) is 0.167. The van der Waals surface area contributed by atoms with Gasteiger partial charge in [-0.25, -0.2) is 0 Å². The summed E-state index contributed by atoms with van der Waals surface area (Å²) in [4.78, 5) is 15.6. The molecule has 3 N–H and O–H groups in total. The first-order valence-electron chi connectivity index (χ1n) is 7.36. The van der Waals surface area contributed by atoms with Crippen LogP contribution in [0.2, 0.25) is 0 Å². The highest BCUT2D eigenvalue weighted by atomic mass is 16.3. The Hall–Kier alpha value is -2.59. The van der Waals surface area contributed by atoms with Gasteiger partial charge in [-0.2, -0.15) is 0 Å². The molecule has 2 aromatic carbocycles. The summed E-state index contributed by atoms with van der Waals surface area (Å²) in [6, 6.07) is 15.0. The van der Waals surface area contributed by atoms with E-state index in [1.54, 1.807) is 6.07 Å². The van der Waals surface area contributed by atoms with Gasteiger partial charge in [0, 0.05) is 29.1 Å². The Morgan fingerprint density at radius 3 is 2.95 bits per heavy atom. The van der Waals surface area contributed by atoms with E-state index < -0.39 is 6.10 Å². The molecule has 0 saturated heterocycles. The number of rotatable bonds is 2. The average Bonchev–Trinajstić information content (AvgIpc) is 3.11. The second kappa shape index (κ2) is 5.00. The molecule has 2 unspecified atom stereocenters. The van der Waals surface area contributed by atoms with Gasteiger partial charge in [0.25, 0.3) is 5.91 Å². The third kappa shape index (κ3) is 2.09. The zero-order valence-corrected chi connectivity index (χ0v) is 11.9. The number of hydrogen-bond donors (Lipinski definition) is 3. The summed E-state index contributed by atoms with van der Waals surface area (Å²) in [7, 11) is 0. The zero-order valence-electron chi connectivity index (χ0n) is 11.9. The van der Waals surface area contributed by atoms with E-state index in [0.29, 0.717) is 12.0 Å². The van der Waals surface area contributed by atoms with Crippen molar-refractivity contribution < 1.29 is 9.90 Å². The van der Waals surface area contributed by atoms with Crippen LogP contribution in [0.25, 0.3) is 10.9 Å². The number of benzene rings is 2. The van der Waals surface area contributed by atoms with Crippen molar-refractivity contribution in [3.8, 4) is 0 Å². The molecule has 22 heavy (non-hydrogen) atoms. The number of fused-ring (bicyclic) bond motifs is 2. The molecule has 0 aliphatic heterocycles. The molecule has 1 amide bonds. The molecule has 0 saturated carbocycles. The van der Waals surface area contributed by atoms with Gasteiger partial charge in [0.05, 0.1) is 12.1 Å². The molecule has 1 heterocycles. The monoisotopic (exact) mass is 292 g/mol.